The number of nitro benzene ring substituents is 1. The van der Waals surface area contributed by atoms with Gasteiger partial charge in [-0.25, -0.2) is 0 Å². The maximum Gasteiger partial charge on any atom is 0.273 e. The number of aryl methyl sites for hydroxylation is 1. The van der Waals surface area contributed by atoms with E-state index in [0.717, 1.165) is 5.69 Å². The van der Waals surface area contributed by atoms with Gasteiger partial charge in [0.15, 0.2) is 0 Å². The van der Waals surface area contributed by atoms with Crippen LogP contribution in [0.2, 0.25) is 0 Å². The maximum atomic E-state index is 11.1. The number of nitro groups is 1. The number of aromatic nitrogens is 1. The first kappa shape index (κ1) is 13.3. The van der Waals surface area contributed by atoms with Gasteiger partial charge in [0.1, 0.15) is 0 Å². The maximum absolute atomic E-state index is 11.1. The van der Waals surface area contributed by atoms with Gasteiger partial charge in [-0.3, -0.25) is 10.1 Å². The third kappa shape index (κ3) is 2.66. The number of nitrogens with zero attached hydrogens (tertiary/aromatic N) is 2. The molecule has 0 fully saturated rings. The second-order valence-electron chi connectivity index (χ2n) is 4.42. The minimum Gasteiger partial charge on any atom is -0.396 e. The highest BCUT2D eigenvalue weighted by atomic mass is 16.6. The summed E-state index contributed by atoms with van der Waals surface area (Å²) in [4.78, 5) is 10.7. The molecule has 2 aromatic rings. The first-order chi connectivity index (χ1) is 9.15. The van der Waals surface area contributed by atoms with Crippen molar-refractivity contribution in [1.29, 1.82) is 0 Å². The third-order valence-corrected chi connectivity index (χ3v) is 3.27. The lowest BCUT2D eigenvalue weighted by atomic mass is 9.91. The first-order valence-corrected chi connectivity index (χ1v) is 6.10. The Labute approximate surface area is 111 Å². The van der Waals surface area contributed by atoms with E-state index in [-0.39, 0.29) is 23.1 Å². The summed E-state index contributed by atoms with van der Waals surface area (Å²) in [5.74, 6) is -0.174. The standard InChI is InChI=1S/C14H16N2O3/c1-15-9-4-7-13(15)12(8-10-17)11-5-2-3-6-14(11)16(18)19/h2-7,9,12,17H,8,10H2,1H3. The van der Waals surface area contributed by atoms with Crippen molar-refractivity contribution in [1.82, 2.24) is 4.57 Å². The van der Waals surface area contributed by atoms with Crippen LogP contribution in [-0.4, -0.2) is 21.2 Å². The summed E-state index contributed by atoms with van der Waals surface area (Å²) in [6.07, 6.45) is 2.36. The van der Waals surface area contributed by atoms with Crippen molar-refractivity contribution in [3.8, 4) is 0 Å². The molecule has 1 heterocycles. The normalized spacial score (nSPS) is 12.3. The molecular formula is C14H16N2O3. The lowest BCUT2D eigenvalue weighted by Crippen LogP contribution is -2.10. The number of benzene rings is 1. The number of para-hydroxylation sites is 1. The second kappa shape index (κ2) is 5.67. The van der Waals surface area contributed by atoms with E-state index in [4.69, 9.17) is 0 Å². The van der Waals surface area contributed by atoms with Gasteiger partial charge in [-0.05, 0) is 18.6 Å². The van der Waals surface area contributed by atoms with Crippen molar-refractivity contribution in [2.24, 2.45) is 7.05 Å². The Morgan fingerprint density at radius 3 is 2.63 bits per heavy atom. The van der Waals surface area contributed by atoms with Crippen LogP contribution in [0.25, 0.3) is 0 Å². The molecule has 0 saturated carbocycles. The first-order valence-electron chi connectivity index (χ1n) is 6.10. The fourth-order valence-corrected chi connectivity index (χ4v) is 2.38. The Kier molecular flexibility index (Phi) is 3.97. The van der Waals surface area contributed by atoms with Crippen molar-refractivity contribution in [2.75, 3.05) is 6.61 Å². The molecule has 5 nitrogen and oxygen atoms in total. The Bertz CT molecular complexity index is 578. The molecule has 1 unspecified atom stereocenters. The summed E-state index contributed by atoms with van der Waals surface area (Å²) in [6, 6.07) is 10.5. The summed E-state index contributed by atoms with van der Waals surface area (Å²) in [6.45, 7) is -0.0120. The quantitative estimate of drug-likeness (QED) is 0.663. The van der Waals surface area contributed by atoms with E-state index in [1.165, 1.54) is 6.07 Å². The van der Waals surface area contributed by atoms with Gasteiger partial charge in [0.25, 0.3) is 5.69 Å². The second-order valence-corrected chi connectivity index (χ2v) is 4.42. The van der Waals surface area contributed by atoms with E-state index in [0.29, 0.717) is 12.0 Å². The van der Waals surface area contributed by atoms with E-state index in [1.807, 2.05) is 29.9 Å². The predicted molar refractivity (Wildman–Crippen MR) is 72.1 cm³/mol. The van der Waals surface area contributed by atoms with Crippen LogP contribution in [-0.2, 0) is 7.05 Å². The van der Waals surface area contributed by atoms with Crippen LogP contribution in [0, 0.1) is 10.1 Å². The summed E-state index contributed by atoms with van der Waals surface area (Å²) in [5, 5.41) is 20.4. The molecule has 0 spiro atoms. The van der Waals surface area contributed by atoms with Gasteiger partial charge in [0.05, 0.1) is 4.92 Å². The van der Waals surface area contributed by atoms with Gasteiger partial charge in [-0.1, -0.05) is 18.2 Å². The van der Waals surface area contributed by atoms with Gasteiger partial charge in [-0.15, -0.1) is 0 Å². The van der Waals surface area contributed by atoms with Crippen LogP contribution in [0.15, 0.2) is 42.6 Å². The molecule has 0 aliphatic heterocycles. The Hall–Kier alpha value is -2.14. The van der Waals surface area contributed by atoms with Crippen LogP contribution in [0.3, 0.4) is 0 Å². The molecule has 1 N–H and O–H groups in total. The van der Waals surface area contributed by atoms with Crippen molar-refractivity contribution in [2.45, 2.75) is 12.3 Å². The van der Waals surface area contributed by atoms with Gasteiger partial charge >= 0.3 is 0 Å². The van der Waals surface area contributed by atoms with Crippen molar-refractivity contribution >= 4 is 5.69 Å². The summed E-state index contributed by atoms with van der Waals surface area (Å²) < 4.78 is 1.93. The van der Waals surface area contributed by atoms with Crippen LogP contribution < -0.4 is 0 Å². The molecule has 1 aromatic heterocycles. The molecule has 0 saturated heterocycles. The van der Waals surface area contributed by atoms with Crippen LogP contribution in [0.1, 0.15) is 23.6 Å². The SMILES string of the molecule is Cn1cccc1C(CCO)c1ccccc1[N+](=O)[O-]. The minimum atomic E-state index is -0.372. The lowest BCUT2D eigenvalue weighted by Gasteiger charge is -2.17. The highest BCUT2D eigenvalue weighted by Crippen LogP contribution is 2.33. The van der Waals surface area contributed by atoms with Crippen LogP contribution in [0.4, 0.5) is 5.69 Å². The average Bonchev–Trinajstić information content (AvgIpc) is 2.82. The highest BCUT2D eigenvalue weighted by Gasteiger charge is 2.24. The molecule has 5 heteroatoms. The van der Waals surface area contributed by atoms with Gasteiger partial charge in [-0.2, -0.15) is 0 Å². The fourth-order valence-electron chi connectivity index (χ4n) is 2.38. The molecular weight excluding hydrogens is 244 g/mol. The van der Waals surface area contributed by atoms with E-state index in [1.54, 1.807) is 18.2 Å². The highest BCUT2D eigenvalue weighted by molar-refractivity contribution is 5.45. The number of rotatable bonds is 5. The largest absolute Gasteiger partial charge is 0.396 e. The zero-order chi connectivity index (χ0) is 13.8. The molecule has 1 aromatic carbocycles. The van der Waals surface area contributed by atoms with E-state index in [9.17, 15) is 15.2 Å². The lowest BCUT2D eigenvalue weighted by molar-refractivity contribution is -0.385. The van der Waals surface area contributed by atoms with Crippen molar-refractivity contribution < 1.29 is 10.0 Å². The summed E-state index contributed by atoms with van der Waals surface area (Å²) >= 11 is 0. The molecule has 0 amide bonds. The molecule has 0 aliphatic carbocycles. The summed E-state index contributed by atoms with van der Waals surface area (Å²) in [7, 11) is 1.90. The van der Waals surface area contributed by atoms with Gasteiger partial charge < -0.3 is 9.67 Å². The van der Waals surface area contributed by atoms with E-state index < -0.39 is 0 Å². The average molecular weight is 260 g/mol. The third-order valence-electron chi connectivity index (χ3n) is 3.27. The van der Waals surface area contributed by atoms with Gasteiger partial charge in [0, 0.05) is 43.1 Å². The molecule has 0 bridgehead atoms. The van der Waals surface area contributed by atoms with E-state index >= 15 is 0 Å². The minimum absolute atomic E-state index is 0.0120. The Morgan fingerprint density at radius 2 is 2.05 bits per heavy atom. The fraction of sp³-hybridized carbons (Fsp3) is 0.286. The molecule has 19 heavy (non-hydrogen) atoms. The van der Waals surface area contributed by atoms with Gasteiger partial charge in [0.2, 0.25) is 0 Å². The number of hydrogen-bond donors (Lipinski definition) is 1. The van der Waals surface area contributed by atoms with Crippen molar-refractivity contribution in [3.05, 3.63) is 64.0 Å². The van der Waals surface area contributed by atoms with E-state index in [2.05, 4.69) is 0 Å². The monoisotopic (exact) mass is 260 g/mol. The smallest absolute Gasteiger partial charge is 0.273 e. The van der Waals surface area contributed by atoms with Crippen LogP contribution in [0.5, 0.6) is 0 Å². The number of aliphatic hydroxyl groups is 1. The zero-order valence-electron chi connectivity index (χ0n) is 10.7. The topological polar surface area (TPSA) is 68.3 Å². The molecule has 2 rings (SSSR count). The molecule has 0 radical (unpaired) electrons. The zero-order valence-corrected chi connectivity index (χ0v) is 10.7. The van der Waals surface area contributed by atoms with Crippen molar-refractivity contribution in [3.63, 3.8) is 0 Å². The number of hydrogen-bond acceptors (Lipinski definition) is 3. The molecule has 1 atom stereocenters. The molecule has 0 aliphatic rings. The van der Waals surface area contributed by atoms with Crippen LogP contribution >= 0.6 is 0 Å². The Morgan fingerprint density at radius 1 is 1.32 bits per heavy atom. The summed E-state index contributed by atoms with van der Waals surface area (Å²) in [5.41, 5.74) is 1.70. The molecule has 100 valence electrons. The number of aliphatic hydroxyl groups excluding tert-OH is 1. The Balaban J connectivity index is 2.51. The predicted octanol–water partition coefficient (Wildman–Crippen LogP) is 2.45.